The summed E-state index contributed by atoms with van der Waals surface area (Å²) in [5.41, 5.74) is -6.36. The van der Waals surface area contributed by atoms with Crippen LogP contribution in [0, 0.1) is 0 Å². The van der Waals surface area contributed by atoms with E-state index in [1.807, 2.05) is 0 Å². The maximum absolute atomic E-state index is 13.9. The molecule has 0 amide bonds. The minimum absolute atomic E-state index is 0.0378. The van der Waals surface area contributed by atoms with Gasteiger partial charge in [-0.05, 0) is 48.4 Å². The minimum atomic E-state index is -5.70. The molecular formula is C20H16F6O2. The number of phenolic OH excluding ortho intramolecular Hbond substituents is 1. The Bertz CT molecular complexity index is 832. The van der Waals surface area contributed by atoms with Crippen LogP contribution in [-0.4, -0.2) is 17.5 Å². The Morgan fingerprint density at radius 3 is 1.68 bits per heavy atom. The van der Waals surface area contributed by atoms with Gasteiger partial charge in [0.2, 0.25) is 5.41 Å². The fourth-order valence-corrected chi connectivity index (χ4v) is 2.84. The van der Waals surface area contributed by atoms with Crippen LogP contribution in [0.15, 0.2) is 73.0 Å². The smallest absolute Gasteiger partial charge is 0.411 e. The molecule has 0 aliphatic carbocycles. The zero-order valence-corrected chi connectivity index (χ0v) is 14.6. The zero-order valence-electron chi connectivity index (χ0n) is 14.6. The van der Waals surface area contributed by atoms with E-state index in [9.17, 15) is 31.4 Å². The second-order valence-electron chi connectivity index (χ2n) is 5.89. The van der Waals surface area contributed by atoms with Crippen molar-refractivity contribution in [3.63, 3.8) is 0 Å². The van der Waals surface area contributed by atoms with E-state index in [0.29, 0.717) is 24.3 Å². The first-order chi connectivity index (χ1) is 12.9. The fraction of sp³-hybridized carbons (Fsp3) is 0.200. The van der Waals surface area contributed by atoms with Crippen molar-refractivity contribution in [2.45, 2.75) is 24.7 Å². The van der Waals surface area contributed by atoms with E-state index in [-0.39, 0.29) is 11.5 Å². The lowest BCUT2D eigenvalue weighted by molar-refractivity contribution is -0.288. The summed E-state index contributed by atoms with van der Waals surface area (Å²) in [6, 6.07) is 6.22. The second-order valence-corrected chi connectivity index (χ2v) is 5.89. The molecule has 0 fully saturated rings. The predicted molar refractivity (Wildman–Crippen MR) is 92.0 cm³/mol. The number of hydrogen-bond acceptors (Lipinski definition) is 2. The van der Waals surface area contributed by atoms with Crippen LogP contribution in [0.1, 0.15) is 18.1 Å². The second kappa shape index (κ2) is 7.61. The molecule has 0 saturated carbocycles. The van der Waals surface area contributed by atoms with Gasteiger partial charge in [-0.3, -0.25) is 0 Å². The number of ether oxygens (including phenoxy) is 1. The first kappa shape index (κ1) is 21.4. The highest BCUT2D eigenvalue weighted by molar-refractivity contribution is 5.47. The third-order valence-electron chi connectivity index (χ3n) is 4.04. The molecule has 2 nitrogen and oxygen atoms in total. The van der Waals surface area contributed by atoms with Gasteiger partial charge in [-0.1, -0.05) is 36.9 Å². The molecule has 0 saturated heterocycles. The standard InChI is InChI=1S/C20H16F6O2/c1-3-4-13(2)28-17-11-7-15(8-12-17)18(19(21,22)23,20(24,25)26)14-5-9-16(27)10-6-14/h3-12,27H,2H2,1H3/b4-3+. The van der Waals surface area contributed by atoms with Crippen LogP contribution in [0.2, 0.25) is 0 Å². The van der Waals surface area contributed by atoms with E-state index in [1.165, 1.54) is 6.08 Å². The normalized spacial score (nSPS) is 13.0. The molecule has 0 bridgehead atoms. The Morgan fingerprint density at radius 2 is 1.29 bits per heavy atom. The summed E-state index contributed by atoms with van der Waals surface area (Å²) in [6.07, 6.45) is -8.29. The van der Waals surface area contributed by atoms with Crippen molar-refractivity contribution in [3.05, 3.63) is 84.1 Å². The lowest BCUT2D eigenvalue weighted by atomic mass is 9.73. The Morgan fingerprint density at radius 1 is 0.857 bits per heavy atom. The van der Waals surface area contributed by atoms with Crippen molar-refractivity contribution in [2.24, 2.45) is 0 Å². The number of alkyl halides is 6. The molecule has 2 aromatic rings. The van der Waals surface area contributed by atoms with Crippen LogP contribution in [-0.2, 0) is 5.41 Å². The number of benzene rings is 2. The van der Waals surface area contributed by atoms with Gasteiger partial charge in [0, 0.05) is 0 Å². The van der Waals surface area contributed by atoms with Gasteiger partial charge in [-0.25, -0.2) is 0 Å². The largest absolute Gasteiger partial charge is 0.508 e. The molecule has 0 atom stereocenters. The molecule has 0 unspecified atom stereocenters. The van der Waals surface area contributed by atoms with Gasteiger partial charge in [0.05, 0.1) is 0 Å². The first-order valence-corrected chi connectivity index (χ1v) is 7.96. The average Bonchev–Trinajstić information content (AvgIpc) is 2.56. The summed E-state index contributed by atoms with van der Waals surface area (Å²) in [7, 11) is 0. The highest BCUT2D eigenvalue weighted by Crippen LogP contribution is 2.56. The number of rotatable bonds is 5. The Hall–Kier alpha value is -2.90. The molecule has 0 heterocycles. The number of allylic oxidation sites excluding steroid dienone is 2. The quantitative estimate of drug-likeness (QED) is 0.363. The van der Waals surface area contributed by atoms with E-state index in [1.54, 1.807) is 13.0 Å². The third-order valence-corrected chi connectivity index (χ3v) is 4.04. The topological polar surface area (TPSA) is 29.5 Å². The summed E-state index contributed by atoms with van der Waals surface area (Å²) in [4.78, 5) is 0. The van der Waals surface area contributed by atoms with E-state index in [4.69, 9.17) is 4.74 Å². The first-order valence-electron chi connectivity index (χ1n) is 7.96. The van der Waals surface area contributed by atoms with Crippen molar-refractivity contribution >= 4 is 0 Å². The van der Waals surface area contributed by atoms with Crippen LogP contribution < -0.4 is 4.74 Å². The van der Waals surface area contributed by atoms with Crippen molar-refractivity contribution < 1.29 is 36.2 Å². The fourth-order valence-electron chi connectivity index (χ4n) is 2.84. The summed E-state index contributed by atoms with van der Waals surface area (Å²) in [5.74, 6) is -0.240. The lowest BCUT2D eigenvalue weighted by Gasteiger charge is -2.38. The van der Waals surface area contributed by atoms with E-state index in [2.05, 4.69) is 6.58 Å². The van der Waals surface area contributed by atoms with E-state index in [0.717, 1.165) is 24.3 Å². The molecule has 1 N–H and O–H groups in total. The van der Waals surface area contributed by atoms with Crippen molar-refractivity contribution in [1.29, 1.82) is 0 Å². The van der Waals surface area contributed by atoms with E-state index >= 15 is 0 Å². The number of phenols is 1. The molecule has 2 rings (SSSR count). The maximum atomic E-state index is 13.9. The maximum Gasteiger partial charge on any atom is 0.411 e. The van der Waals surface area contributed by atoms with Crippen molar-refractivity contribution in [3.8, 4) is 11.5 Å². The summed E-state index contributed by atoms with van der Waals surface area (Å²) in [6.45, 7) is 5.24. The van der Waals surface area contributed by atoms with Crippen LogP contribution >= 0.6 is 0 Å². The zero-order chi connectivity index (χ0) is 21.2. The highest BCUT2D eigenvalue weighted by Gasteiger charge is 2.72. The van der Waals surface area contributed by atoms with Crippen LogP contribution in [0.4, 0.5) is 26.3 Å². The monoisotopic (exact) mass is 402 g/mol. The molecule has 0 aromatic heterocycles. The lowest BCUT2D eigenvalue weighted by Crippen LogP contribution is -2.54. The molecule has 2 aromatic carbocycles. The van der Waals surface area contributed by atoms with Gasteiger partial charge in [-0.2, -0.15) is 26.3 Å². The van der Waals surface area contributed by atoms with Crippen LogP contribution in [0.25, 0.3) is 0 Å². The van der Waals surface area contributed by atoms with Crippen molar-refractivity contribution in [1.82, 2.24) is 0 Å². The van der Waals surface area contributed by atoms with Crippen LogP contribution in [0.5, 0.6) is 11.5 Å². The molecule has 150 valence electrons. The Kier molecular flexibility index (Phi) is 5.82. The van der Waals surface area contributed by atoms with Crippen molar-refractivity contribution in [2.75, 3.05) is 0 Å². The minimum Gasteiger partial charge on any atom is -0.508 e. The number of halogens is 6. The predicted octanol–water partition coefficient (Wildman–Crippen LogP) is 6.27. The summed E-state index contributed by atoms with van der Waals surface area (Å²) in [5, 5.41) is 9.27. The average molecular weight is 402 g/mol. The molecule has 0 radical (unpaired) electrons. The summed E-state index contributed by atoms with van der Waals surface area (Å²) < 4.78 is 88.7. The summed E-state index contributed by atoms with van der Waals surface area (Å²) >= 11 is 0. The molecule has 0 spiro atoms. The third kappa shape index (κ3) is 3.85. The van der Waals surface area contributed by atoms with Gasteiger partial charge < -0.3 is 9.84 Å². The van der Waals surface area contributed by atoms with Gasteiger partial charge in [0.15, 0.2) is 0 Å². The van der Waals surface area contributed by atoms with Crippen LogP contribution in [0.3, 0.4) is 0 Å². The molecule has 8 heteroatoms. The van der Waals surface area contributed by atoms with Gasteiger partial charge in [0.1, 0.15) is 17.3 Å². The number of hydrogen-bond donors (Lipinski definition) is 1. The Balaban J connectivity index is 2.65. The van der Waals surface area contributed by atoms with E-state index < -0.39 is 34.6 Å². The molecule has 0 aliphatic rings. The van der Waals surface area contributed by atoms with Gasteiger partial charge in [0.25, 0.3) is 0 Å². The molecule has 28 heavy (non-hydrogen) atoms. The molecule has 0 aliphatic heterocycles. The van der Waals surface area contributed by atoms with Gasteiger partial charge in [-0.15, -0.1) is 0 Å². The Labute approximate surface area is 157 Å². The molecular weight excluding hydrogens is 386 g/mol. The number of aromatic hydroxyl groups is 1. The highest BCUT2D eigenvalue weighted by atomic mass is 19.4. The van der Waals surface area contributed by atoms with Gasteiger partial charge >= 0.3 is 12.4 Å². The SMILES string of the molecule is C=C(/C=C/C)Oc1ccc(C(c2ccc(O)cc2)(C(F)(F)F)C(F)(F)F)cc1.